The molecule has 1 aromatic carbocycles. The maximum Gasteiger partial charge on any atom is 0.337 e. The van der Waals surface area contributed by atoms with E-state index in [2.05, 4.69) is 20.7 Å². The summed E-state index contributed by atoms with van der Waals surface area (Å²) in [5.74, 6) is -0.0566. The minimum absolute atomic E-state index is 0.0726. The third-order valence-electron chi connectivity index (χ3n) is 3.13. The number of halogens is 1. The van der Waals surface area contributed by atoms with Crippen LogP contribution in [0.5, 0.6) is 5.75 Å². The van der Waals surface area contributed by atoms with Crippen molar-refractivity contribution in [3.63, 3.8) is 0 Å². The molecule has 1 heterocycles. The van der Waals surface area contributed by atoms with E-state index in [-0.39, 0.29) is 12.5 Å². The Morgan fingerprint density at radius 1 is 1.30 bits per heavy atom. The van der Waals surface area contributed by atoms with Gasteiger partial charge in [-0.25, -0.2) is 4.79 Å². The van der Waals surface area contributed by atoms with E-state index in [4.69, 9.17) is 4.74 Å². The van der Waals surface area contributed by atoms with Gasteiger partial charge in [-0.05, 0) is 56.5 Å². The van der Waals surface area contributed by atoms with Crippen molar-refractivity contribution in [2.24, 2.45) is 0 Å². The molecule has 0 bridgehead atoms. The number of ether oxygens (including phenoxy) is 2. The van der Waals surface area contributed by atoms with Crippen LogP contribution in [-0.4, -0.2) is 37.5 Å². The Balaban J connectivity index is 1.92. The van der Waals surface area contributed by atoms with Crippen molar-refractivity contribution in [1.29, 1.82) is 0 Å². The predicted molar refractivity (Wildman–Crippen MR) is 91.8 cm³/mol. The lowest BCUT2D eigenvalue weighted by Crippen LogP contribution is -2.30. The Morgan fingerprint density at radius 2 is 2.09 bits per heavy atom. The van der Waals surface area contributed by atoms with E-state index in [1.807, 2.05) is 16.8 Å². The molecule has 0 N–H and O–H groups in total. The fourth-order valence-electron chi connectivity index (χ4n) is 1.86. The largest absolute Gasteiger partial charge is 0.483 e. The number of benzene rings is 1. The molecule has 0 fully saturated rings. The van der Waals surface area contributed by atoms with Crippen molar-refractivity contribution in [3.05, 3.63) is 50.6 Å². The van der Waals surface area contributed by atoms with Gasteiger partial charge in [0.15, 0.2) is 6.61 Å². The number of likely N-dealkylation sites (N-methyl/N-ethyl adjacent to an activating group) is 1. The normalized spacial score (nSPS) is 10.2. The van der Waals surface area contributed by atoms with Crippen LogP contribution in [0.3, 0.4) is 0 Å². The molecule has 7 heteroatoms. The summed E-state index contributed by atoms with van der Waals surface area (Å²) in [6.45, 7) is 0.477. The first-order chi connectivity index (χ1) is 11.0. The fraction of sp³-hybridized carbons (Fsp3) is 0.250. The quantitative estimate of drug-likeness (QED) is 0.701. The summed E-state index contributed by atoms with van der Waals surface area (Å²) in [5.41, 5.74) is 1.50. The molecule has 1 amide bonds. The maximum absolute atomic E-state index is 12.1. The van der Waals surface area contributed by atoms with Crippen LogP contribution in [0.25, 0.3) is 0 Å². The van der Waals surface area contributed by atoms with Gasteiger partial charge >= 0.3 is 5.97 Å². The average Bonchev–Trinajstić information content (AvgIpc) is 3.05. The van der Waals surface area contributed by atoms with Gasteiger partial charge < -0.3 is 14.4 Å². The van der Waals surface area contributed by atoms with Crippen LogP contribution in [0.1, 0.15) is 15.9 Å². The Bertz CT molecular complexity index is 687. The molecular formula is C16H16BrNO4S. The number of hydrogen-bond donors (Lipinski definition) is 0. The van der Waals surface area contributed by atoms with Crippen LogP contribution in [-0.2, 0) is 16.1 Å². The number of carbonyl (C=O) groups excluding carboxylic acids is 2. The summed E-state index contributed by atoms with van der Waals surface area (Å²) in [5, 5.41) is 3.98. The second kappa shape index (κ2) is 8.12. The molecule has 0 radical (unpaired) electrons. The van der Waals surface area contributed by atoms with Crippen molar-refractivity contribution in [2.75, 3.05) is 20.8 Å². The van der Waals surface area contributed by atoms with Crippen molar-refractivity contribution in [1.82, 2.24) is 4.90 Å². The zero-order chi connectivity index (χ0) is 16.8. The van der Waals surface area contributed by atoms with Gasteiger partial charge in [-0.1, -0.05) is 0 Å². The number of hydrogen-bond acceptors (Lipinski definition) is 5. The lowest BCUT2D eigenvalue weighted by atomic mass is 10.2. The molecular weight excluding hydrogens is 382 g/mol. The smallest absolute Gasteiger partial charge is 0.337 e. The highest BCUT2D eigenvalue weighted by molar-refractivity contribution is 9.10. The van der Waals surface area contributed by atoms with E-state index < -0.39 is 5.97 Å². The van der Waals surface area contributed by atoms with Crippen LogP contribution in [0.4, 0.5) is 0 Å². The van der Waals surface area contributed by atoms with Crippen LogP contribution in [0.15, 0.2) is 39.5 Å². The number of rotatable bonds is 6. The molecule has 0 aliphatic carbocycles. The highest BCUT2D eigenvalue weighted by Crippen LogP contribution is 2.26. The lowest BCUT2D eigenvalue weighted by Gasteiger charge is -2.17. The molecule has 0 saturated carbocycles. The number of amides is 1. The number of carbonyl (C=O) groups is 2. The third-order valence-corrected chi connectivity index (χ3v) is 4.48. The SMILES string of the molecule is COC(=O)c1ccc(OCC(=O)N(C)Cc2ccsc2)c(Br)c1. The summed E-state index contributed by atoms with van der Waals surface area (Å²) < 4.78 is 10.8. The van der Waals surface area contributed by atoms with Gasteiger partial charge in [-0.2, -0.15) is 11.3 Å². The second-order valence-electron chi connectivity index (χ2n) is 4.81. The fourth-order valence-corrected chi connectivity index (χ4v) is 3.01. The first kappa shape index (κ1) is 17.5. The topological polar surface area (TPSA) is 55.8 Å². The van der Waals surface area contributed by atoms with Crippen molar-refractivity contribution >= 4 is 39.1 Å². The van der Waals surface area contributed by atoms with Crippen molar-refractivity contribution in [3.8, 4) is 5.75 Å². The van der Waals surface area contributed by atoms with E-state index in [1.54, 1.807) is 41.5 Å². The first-order valence-electron chi connectivity index (χ1n) is 6.77. The molecule has 122 valence electrons. The van der Waals surface area contributed by atoms with Crippen LogP contribution in [0.2, 0.25) is 0 Å². The first-order valence-corrected chi connectivity index (χ1v) is 8.50. The molecule has 2 aromatic rings. The van der Waals surface area contributed by atoms with Gasteiger partial charge in [0, 0.05) is 13.6 Å². The Hall–Kier alpha value is -1.86. The van der Waals surface area contributed by atoms with E-state index in [1.165, 1.54) is 7.11 Å². The Kier molecular flexibility index (Phi) is 6.18. The molecule has 0 aliphatic heterocycles. The molecule has 23 heavy (non-hydrogen) atoms. The summed E-state index contributed by atoms with van der Waals surface area (Å²) >= 11 is 4.92. The minimum Gasteiger partial charge on any atom is -0.483 e. The summed E-state index contributed by atoms with van der Waals surface area (Å²) in [6, 6.07) is 6.80. The molecule has 0 unspecified atom stereocenters. The standard InChI is InChI=1S/C16H16BrNO4S/c1-18(8-11-5-6-23-10-11)15(19)9-22-14-4-3-12(7-13(14)17)16(20)21-2/h3-7,10H,8-9H2,1-2H3. The lowest BCUT2D eigenvalue weighted by molar-refractivity contribution is -0.132. The molecule has 0 spiro atoms. The predicted octanol–water partition coefficient (Wildman–Crippen LogP) is 3.33. The van der Waals surface area contributed by atoms with Crippen LogP contribution >= 0.6 is 27.3 Å². The van der Waals surface area contributed by atoms with Gasteiger partial charge in [-0.3, -0.25) is 4.79 Å². The van der Waals surface area contributed by atoms with Crippen LogP contribution in [0, 0.1) is 0 Å². The van der Waals surface area contributed by atoms with Gasteiger partial charge in [-0.15, -0.1) is 0 Å². The zero-order valence-corrected chi connectivity index (χ0v) is 15.1. The molecule has 5 nitrogen and oxygen atoms in total. The minimum atomic E-state index is -0.427. The van der Waals surface area contributed by atoms with Gasteiger partial charge in [0.25, 0.3) is 5.91 Å². The van der Waals surface area contributed by atoms with Gasteiger partial charge in [0.05, 0.1) is 17.1 Å². The number of methoxy groups -OCH3 is 1. The molecule has 2 rings (SSSR count). The van der Waals surface area contributed by atoms with E-state index in [0.717, 1.165) is 5.56 Å². The second-order valence-corrected chi connectivity index (χ2v) is 6.44. The van der Waals surface area contributed by atoms with E-state index in [9.17, 15) is 9.59 Å². The summed E-state index contributed by atoms with van der Waals surface area (Å²) in [6.07, 6.45) is 0. The maximum atomic E-state index is 12.1. The van der Waals surface area contributed by atoms with E-state index >= 15 is 0 Å². The number of nitrogens with zero attached hydrogens (tertiary/aromatic N) is 1. The van der Waals surface area contributed by atoms with Crippen molar-refractivity contribution < 1.29 is 19.1 Å². The number of esters is 1. The monoisotopic (exact) mass is 397 g/mol. The Labute approximate surface area is 146 Å². The van der Waals surface area contributed by atoms with E-state index in [0.29, 0.717) is 22.3 Å². The van der Waals surface area contributed by atoms with Gasteiger partial charge in [0.1, 0.15) is 5.75 Å². The Morgan fingerprint density at radius 3 is 2.70 bits per heavy atom. The molecule has 0 atom stereocenters. The zero-order valence-electron chi connectivity index (χ0n) is 12.7. The van der Waals surface area contributed by atoms with Crippen molar-refractivity contribution in [2.45, 2.75) is 6.54 Å². The number of thiophene rings is 1. The third kappa shape index (κ3) is 4.80. The highest BCUT2D eigenvalue weighted by atomic mass is 79.9. The molecule has 1 aromatic heterocycles. The summed E-state index contributed by atoms with van der Waals surface area (Å²) in [7, 11) is 3.06. The summed E-state index contributed by atoms with van der Waals surface area (Å²) in [4.78, 5) is 25.1. The molecule has 0 aliphatic rings. The van der Waals surface area contributed by atoms with Gasteiger partial charge in [0.2, 0.25) is 0 Å². The van der Waals surface area contributed by atoms with Crippen LogP contribution < -0.4 is 4.74 Å². The molecule has 0 saturated heterocycles. The highest BCUT2D eigenvalue weighted by Gasteiger charge is 2.13. The average molecular weight is 398 g/mol.